The van der Waals surface area contributed by atoms with Gasteiger partial charge >= 0.3 is 5.97 Å². The number of halogens is 1. The maximum absolute atomic E-state index is 11.1. The lowest BCUT2D eigenvalue weighted by Gasteiger charge is -2.03. The molecule has 4 nitrogen and oxygen atoms in total. The molecule has 1 heterocycles. The number of pyridine rings is 1. The fourth-order valence-corrected chi connectivity index (χ4v) is 0.960. The molecule has 1 rings (SSSR count). The predicted molar refractivity (Wildman–Crippen MR) is 46.9 cm³/mol. The molecule has 0 spiro atoms. The molecule has 5 heteroatoms. The van der Waals surface area contributed by atoms with E-state index < -0.39 is 5.97 Å². The summed E-state index contributed by atoms with van der Waals surface area (Å²) in [4.78, 5) is 14.7. The summed E-state index contributed by atoms with van der Waals surface area (Å²) in [6, 6.07) is 1.35. The Morgan fingerprint density at radius 1 is 1.77 bits per heavy atom. The maximum atomic E-state index is 11.1. The number of carbonyl (C=O) groups excluding carboxylic acids is 1. The van der Waals surface area contributed by atoms with Crippen LogP contribution in [0.1, 0.15) is 17.3 Å². The lowest BCUT2D eigenvalue weighted by atomic mass is 10.2. The quantitative estimate of drug-likeness (QED) is 0.584. The van der Waals surface area contributed by atoms with Crippen LogP contribution < -0.4 is 0 Å². The molecule has 0 bridgehead atoms. The average molecular weight is 202 g/mol. The van der Waals surface area contributed by atoms with Crippen molar-refractivity contribution in [1.82, 2.24) is 4.98 Å². The second kappa shape index (κ2) is 4.09. The molecule has 0 saturated heterocycles. The molecule has 0 unspecified atom stereocenters. The molecule has 0 aromatic carbocycles. The van der Waals surface area contributed by atoms with Crippen molar-refractivity contribution in [1.29, 1.82) is 0 Å². The summed E-state index contributed by atoms with van der Waals surface area (Å²) in [6.07, 6.45) is 1.33. The van der Waals surface area contributed by atoms with E-state index in [0.29, 0.717) is 0 Å². The monoisotopic (exact) mass is 201 g/mol. The molecule has 0 aliphatic rings. The number of aromatic hydroxyl groups is 1. The first-order valence-electron chi connectivity index (χ1n) is 3.67. The second-order valence-electron chi connectivity index (χ2n) is 2.22. The third-order valence-corrected chi connectivity index (χ3v) is 1.65. The Hall–Kier alpha value is -1.29. The van der Waals surface area contributed by atoms with Gasteiger partial charge in [-0.05, 0) is 13.0 Å². The Bertz CT molecular complexity index is 327. The van der Waals surface area contributed by atoms with Crippen molar-refractivity contribution < 1.29 is 14.6 Å². The average Bonchev–Trinajstić information content (AvgIpc) is 2.10. The second-order valence-corrected chi connectivity index (χ2v) is 2.58. The molecule has 0 radical (unpaired) electrons. The van der Waals surface area contributed by atoms with E-state index in [9.17, 15) is 9.90 Å². The van der Waals surface area contributed by atoms with E-state index in [2.05, 4.69) is 9.72 Å². The first kappa shape index (κ1) is 9.80. The maximum Gasteiger partial charge on any atom is 0.342 e. The van der Waals surface area contributed by atoms with E-state index in [1.807, 2.05) is 0 Å². The smallest absolute Gasteiger partial charge is 0.342 e. The van der Waals surface area contributed by atoms with Gasteiger partial charge in [-0.1, -0.05) is 11.6 Å². The van der Waals surface area contributed by atoms with Crippen molar-refractivity contribution >= 4 is 17.6 Å². The van der Waals surface area contributed by atoms with Crippen molar-refractivity contribution in [3.05, 3.63) is 23.0 Å². The fourth-order valence-electron chi connectivity index (χ4n) is 0.802. The molecule has 0 saturated carbocycles. The van der Waals surface area contributed by atoms with Gasteiger partial charge < -0.3 is 9.84 Å². The summed E-state index contributed by atoms with van der Waals surface area (Å²) >= 11 is 5.49. The van der Waals surface area contributed by atoms with Gasteiger partial charge in [0, 0.05) is 6.20 Å². The van der Waals surface area contributed by atoms with Gasteiger partial charge in [0.05, 0.1) is 6.61 Å². The van der Waals surface area contributed by atoms with Crippen molar-refractivity contribution in [2.45, 2.75) is 6.92 Å². The largest absolute Gasteiger partial charge is 0.504 e. The van der Waals surface area contributed by atoms with Crippen LogP contribution in [-0.4, -0.2) is 22.7 Å². The van der Waals surface area contributed by atoms with Crippen LogP contribution in [-0.2, 0) is 4.74 Å². The zero-order chi connectivity index (χ0) is 9.84. The third-order valence-electron chi connectivity index (χ3n) is 1.37. The van der Waals surface area contributed by atoms with E-state index in [1.165, 1.54) is 12.3 Å². The Kier molecular flexibility index (Phi) is 3.08. The SMILES string of the molecule is CCOC(=O)c1ccnc(Cl)c1O. The van der Waals surface area contributed by atoms with Crippen LogP contribution in [0.25, 0.3) is 0 Å². The molecule has 0 amide bonds. The molecule has 0 atom stereocenters. The van der Waals surface area contributed by atoms with Gasteiger partial charge in [-0.3, -0.25) is 0 Å². The molecular formula is C8H8ClNO3. The first-order chi connectivity index (χ1) is 6.16. The van der Waals surface area contributed by atoms with Gasteiger partial charge in [0.15, 0.2) is 10.9 Å². The highest BCUT2D eigenvalue weighted by atomic mass is 35.5. The number of hydrogen-bond acceptors (Lipinski definition) is 4. The minimum atomic E-state index is -0.607. The van der Waals surface area contributed by atoms with Crippen molar-refractivity contribution in [2.75, 3.05) is 6.61 Å². The van der Waals surface area contributed by atoms with Crippen LogP contribution in [0.3, 0.4) is 0 Å². The Labute approximate surface area is 80.1 Å². The molecule has 1 N–H and O–H groups in total. The molecule has 1 aromatic rings. The summed E-state index contributed by atoms with van der Waals surface area (Å²) in [6.45, 7) is 1.93. The van der Waals surface area contributed by atoms with Crippen molar-refractivity contribution in [3.8, 4) is 5.75 Å². The van der Waals surface area contributed by atoms with Crippen molar-refractivity contribution in [2.24, 2.45) is 0 Å². The van der Waals surface area contributed by atoms with Crippen molar-refractivity contribution in [3.63, 3.8) is 0 Å². The summed E-state index contributed by atoms with van der Waals surface area (Å²) in [7, 11) is 0. The molecule has 0 aliphatic heterocycles. The van der Waals surface area contributed by atoms with Gasteiger partial charge in [-0.2, -0.15) is 0 Å². The molecular weight excluding hydrogens is 194 g/mol. The number of hydrogen-bond donors (Lipinski definition) is 1. The van der Waals surface area contributed by atoms with Crippen LogP contribution in [0, 0.1) is 0 Å². The van der Waals surface area contributed by atoms with E-state index in [-0.39, 0.29) is 23.1 Å². The highest BCUT2D eigenvalue weighted by molar-refractivity contribution is 6.31. The summed E-state index contributed by atoms with van der Waals surface area (Å²) in [5, 5.41) is 9.19. The Morgan fingerprint density at radius 3 is 3.08 bits per heavy atom. The van der Waals surface area contributed by atoms with Gasteiger partial charge in [-0.25, -0.2) is 9.78 Å². The molecule has 1 aromatic heterocycles. The summed E-state index contributed by atoms with van der Waals surface area (Å²) < 4.78 is 4.68. The van der Waals surface area contributed by atoms with E-state index in [1.54, 1.807) is 6.92 Å². The first-order valence-corrected chi connectivity index (χ1v) is 4.05. The Balaban J connectivity index is 3.01. The minimum absolute atomic E-state index is 0.0295. The van der Waals surface area contributed by atoms with E-state index in [0.717, 1.165) is 0 Å². The molecule has 13 heavy (non-hydrogen) atoms. The van der Waals surface area contributed by atoms with Crippen LogP contribution in [0.2, 0.25) is 5.15 Å². The fraction of sp³-hybridized carbons (Fsp3) is 0.250. The highest BCUT2D eigenvalue weighted by Gasteiger charge is 2.14. The van der Waals surface area contributed by atoms with Crippen LogP contribution in [0.15, 0.2) is 12.3 Å². The lowest BCUT2D eigenvalue weighted by molar-refractivity contribution is 0.0523. The topological polar surface area (TPSA) is 59.4 Å². The molecule has 0 fully saturated rings. The summed E-state index contributed by atoms with van der Waals surface area (Å²) in [5.41, 5.74) is 0.0295. The number of ether oxygens (including phenoxy) is 1. The zero-order valence-corrected chi connectivity index (χ0v) is 7.71. The van der Waals surface area contributed by atoms with Gasteiger partial charge in [-0.15, -0.1) is 0 Å². The van der Waals surface area contributed by atoms with Gasteiger partial charge in [0.1, 0.15) is 5.56 Å². The van der Waals surface area contributed by atoms with E-state index >= 15 is 0 Å². The third kappa shape index (κ3) is 2.09. The standard InChI is InChI=1S/C8H8ClNO3/c1-2-13-8(12)5-3-4-10-7(9)6(5)11/h3-4,11H,2H2,1H3. The number of esters is 1. The van der Waals surface area contributed by atoms with Gasteiger partial charge in [0.2, 0.25) is 0 Å². The minimum Gasteiger partial charge on any atom is -0.504 e. The normalized spacial score (nSPS) is 9.69. The van der Waals surface area contributed by atoms with Crippen LogP contribution in [0.5, 0.6) is 5.75 Å². The number of carbonyl (C=O) groups is 1. The van der Waals surface area contributed by atoms with Crippen LogP contribution >= 0.6 is 11.6 Å². The highest BCUT2D eigenvalue weighted by Crippen LogP contribution is 2.24. The molecule has 0 aliphatic carbocycles. The predicted octanol–water partition coefficient (Wildman–Crippen LogP) is 1.62. The number of aromatic nitrogens is 1. The molecule has 70 valence electrons. The summed E-state index contributed by atoms with van der Waals surface area (Å²) in [5.74, 6) is -0.952. The number of rotatable bonds is 2. The lowest BCUT2D eigenvalue weighted by Crippen LogP contribution is -2.05. The number of nitrogens with zero attached hydrogens (tertiary/aromatic N) is 1. The van der Waals surface area contributed by atoms with Gasteiger partial charge in [0.25, 0.3) is 0 Å². The van der Waals surface area contributed by atoms with E-state index in [4.69, 9.17) is 11.6 Å². The van der Waals surface area contributed by atoms with Crippen LogP contribution in [0.4, 0.5) is 0 Å². The zero-order valence-electron chi connectivity index (χ0n) is 6.95. The Morgan fingerprint density at radius 2 is 2.46 bits per heavy atom.